The molecule has 0 radical (unpaired) electrons. The lowest BCUT2D eigenvalue weighted by molar-refractivity contribution is 0.549. The van der Waals surface area contributed by atoms with Crippen molar-refractivity contribution < 1.29 is 0 Å². The average molecular weight is 130 g/mol. The molecule has 0 rings (SSSR count). The monoisotopic (exact) mass is 130 g/mol. The van der Waals surface area contributed by atoms with Gasteiger partial charge in [0, 0.05) is 12.6 Å². The van der Waals surface area contributed by atoms with Crippen molar-refractivity contribution in [3.05, 3.63) is 0 Å². The summed E-state index contributed by atoms with van der Waals surface area (Å²) in [6.07, 6.45) is 2.32. The van der Waals surface area contributed by atoms with Gasteiger partial charge in [-0.05, 0) is 13.0 Å². The fourth-order valence-electron chi connectivity index (χ4n) is 0.803. The van der Waals surface area contributed by atoms with Gasteiger partial charge in [-0.1, -0.05) is 20.3 Å². The Kier molecular flexibility index (Phi) is 5.99. The van der Waals surface area contributed by atoms with Crippen LogP contribution in [0.15, 0.2) is 0 Å². The molecule has 0 fully saturated rings. The van der Waals surface area contributed by atoms with Crippen molar-refractivity contribution in [3.8, 4) is 0 Å². The van der Waals surface area contributed by atoms with E-state index in [1.165, 1.54) is 6.42 Å². The van der Waals surface area contributed by atoms with Crippen LogP contribution in [-0.2, 0) is 0 Å². The van der Waals surface area contributed by atoms with Crippen molar-refractivity contribution in [1.29, 1.82) is 0 Å². The predicted molar refractivity (Wildman–Crippen MR) is 41.4 cm³/mol. The van der Waals surface area contributed by atoms with E-state index in [1.807, 2.05) is 0 Å². The van der Waals surface area contributed by atoms with Crippen LogP contribution in [0, 0.1) is 0 Å². The highest BCUT2D eigenvalue weighted by Gasteiger charge is 1.96. The Hall–Kier alpha value is -0.0800. The largest absolute Gasteiger partial charge is 0.327 e. The quantitative estimate of drug-likeness (QED) is 0.575. The Balaban J connectivity index is 2.95. The molecular weight excluding hydrogens is 112 g/mol. The van der Waals surface area contributed by atoms with Gasteiger partial charge in [0.15, 0.2) is 0 Å². The van der Waals surface area contributed by atoms with Crippen LogP contribution >= 0.6 is 0 Å². The molecule has 3 N–H and O–H groups in total. The van der Waals surface area contributed by atoms with Gasteiger partial charge in [-0.3, -0.25) is 0 Å². The van der Waals surface area contributed by atoms with Gasteiger partial charge in [0.25, 0.3) is 0 Å². The summed E-state index contributed by atoms with van der Waals surface area (Å²) in [5.74, 6) is 0. The fourth-order valence-corrected chi connectivity index (χ4v) is 0.803. The molecule has 2 nitrogen and oxygen atoms in total. The first kappa shape index (κ1) is 8.92. The molecule has 0 bridgehead atoms. The van der Waals surface area contributed by atoms with Crippen molar-refractivity contribution in [1.82, 2.24) is 5.32 Å². The number of rotatable bonds is 5. The minimum absolute atomic E-state index is 0.356. The third kappa shape index (κ3) is 5.80. The van der Waals surface area contributed by atoms with Crippen LogP contribution < -0.4 is 11.1 Å². The number of nitrogens with two attached hydrogens (primary N) is 1. The highest BCUT2D eigenvalue weighted by molar-refractivity contribution is 4.61. The van der Waals surface area contributed by atoms with Crippen LogP contribution in [0.4, 0.5) is 0 Å². The predicted octanol–water partition coefficient (Wildman–Crippen LogP) is 0.723. The third-order valence-corrected chi connectivity index (χ3v) is 1.32. The second kappa shape index (κ2) is 6.05. The summed E-state index contributed by atoms with van der Waals surface area (Å²) in [6.45, 7) is 6.24. The Bertz CT molecular complexity index is 54.9. The van der Waals surface area contributed by atoms with Gasteiger partial charge in [-0.2, -0.15) is 0 Å². The maximum atomic E-state index is 5.71. The molecule has 0 aliphatic heterocycles. The standard InChI is InChI=1S/C7H18N2/c1-3-5-7(8)6-9-4-2/h7,9H,3-6,8H2,1-2H3/t7-/m0/s1. The summed E-state index contributed by atoms with van der Waals surface area (Å²) in [4.78, 5) is 0. The highest BCUT2D eigenvalue weighted by Crippen LogP contribution is 1.89. The maximum absolute atomic E-state index is 5.71. The first-order valence-electron chi connectivity index (χ1n) is 3.77. The molecule has 0 amide bonds. The minimum atomic E-state index is 0.356. The Morgan fingerprint density at radius 1 is 1.44 bits per heavy atom. The molecule has 56 valence electrons. The summed E-state index contributed by atoms with van der Waals surface area (Å²) in [5, 5.41) is 3.21. The minimum Gasteiger partial charge on any atom is -0.327 e. The molecule has 0 aliphatic rings. The lowest BCUT2D eigenvalue weighted by atomic mass is 10.2. The molecule has 0 saturated heterocycles. The number of hydrogen-bond acceptors (Lipinski definition) is 2. The lowest BCUT2D eigenvalue weighted by Crippen LogP contribution is -2.33. The van der Waals surface area contributed by atoms with E-state index >= 15 is 0 Å². The molecule has 0 aromatic carbocycles. The molecule has 0 spiro atoms. The van der Waals surface area contributed by atoms with Crippen molar-refractivity contribution >= 4 is 0 Å². The van der Waals surface area contributed by atoms with E-state index in [9.17, 15) is 0 Å². The van der Waals surface area contributed by atoms with Crippen LogP contribution in [0.25, 0.3) is 0 Å². The average Bonchev–Trinajstić information content (AvgIpc) is 1.85. The van der Waals surface area contributed by atoms with Gasteiger partial charge >= 0.3 is 0 Å². The van der Waals surface area contributed by atoms with Gasteiger partial charge in [0.05, 0.1) is 0 Å². The molecule has 0 aliphatic carbocycles. The van der Waals surface area contributed by atoms with E-state index in [1.54, 1.807) is 0 Å². The van der Waals surface area contributed by atoms with Crippen LogP contribution in [0.1, 0.15) is 26.7 Å². The smallest absolute Gasteiger partial charge is 0.0165 e. The van der Waals surface area contributed by atoms with Crippen LogP contribution in [-0.4, -0.2) is 19.1 Å². The van der Waals surface area contributed by atoms with E-state index in [2.05, 4.69) is 19.2 Å². The van der Waals surface area contributed by atoms with E-state index in [-0.39, 0.29) is 0 Å². The topological polar surface area (TPSA) is 38.0 Å². The maximum Gasteiger partial charge on any atom is 0.0165 e. The van der Waals surface area contributed by atoms with Gasteiger partial charge in [0.1, 0.15) is 0 Å². The zero-order valence-corrected chi connectivity index (χ0v) is 6.48. The Morgan fingerprint density at radius 2 is 2.11 bits per heavy atom. The molecule has 1 atom stereocenters. The number of likely N-dealkylation sites (N-methyl/N-ethyl adjacent to an activating group) is 1. The molecule has 9 heavy (non-hydrogen) atoms. The number of nitrogens with one attached hydrogen (secondary N) is 1. The van der Waals surface area contributed by atoms with Crippen LogP contribution in [0.2, 0.25) is 0 Å². The van der Waals surface area contributed by atoms with Crippen LogP contribution in [0.5, 0.6) is 0 Å². The first-order chi connectivity index (χ1) is 4.31. The van der Waals surface area contributed by atoms with Crippen LogP contribution in [0.3, 0.4) is 0 Å². The summed E-state index contributed by atoms with van der Waals surface area (Å²) in [6, 6.07) is 0.356. The van der Waals surface area contributed by atoms with E-state index in [0.717, 1.165) is 19.5 Å². The normalized spacial score (nSPS) is 13.7. The molecule has 0 heterocycles. The molecular formula is C7H18N2. The SMILES string of the molecule is CCC[C@H](N)CNCC. The molecule has 0 saturated carbocycles. The second-order valence-electron chi connectivity index (χ2n) is 2.36. The Morgan fingerprint density at radius 3 is 2.56 bits per heavy atom. The summed E-state index contributed by atoms with van der Waals surface area (Å²) in [5.41, 5.74) is 5.71. The summed E-state index contributed by atoms with van der Waals surface area (Å²) in [7, 11) is 0. The van der Waals surface area contributed by atoms with E-state index in [0.29, 0.717) is 6.04 Å². The molecule has 2 heteroatoms. The zero-order chi connectivity index (χ0) is 7.11. The first-order valence-corrected chi connectivity index (χ1v) is 3.77. The lowest BCUT2D eigenvalue weighted by Gasteiger charge is -2.09. The molecule has 0 aromatic heterocycles. The van der Waals surface area contributed by atoms with Gasteiger partial charge < -0.3 is 11.1 Å². The highest BCUT2D eigenvalue weighted by atomic mass is 14.9. The van der Waals surface area contributed by atoms with Crippen molar-refractivity contribution in [2.45, 2.75) is 32.7 Å². The van der Waals surface area contributed by atoms with Crippen molar-refractivity contribution in [3.63, 3.8) is 0 Å². The van der Waals surface area contributed by atoms with Crippen molar-refractivity contribution in [2.24, 2.45) is 5.73 Å². The summed E-state index contributed by atoms with van der Waals surface area (Å²) < 4.78 is 0. The summed E-state index contributed by atoms with van der Waals surface area (Å²) >= 11 is 0. The van der Waals surface area contributed by atoms with E-state index < -0.39 is 0 Å². The van der Waals surface area contributed by atoms with Gasteiger partial charge in [-0.15, -0.1) is 0 Å². The fraction of sp³-hybridized carbons (Fsp3) is 1.00. The zero-order valence-electron chi connectivity index (χ0n) is 6.48. The number of hydrogen-bond donors (Lipinski definition) is 2. The molecule has 0 unspecified atom stereocenters. The third-order valence-electron chi connectivity index (χ3n) is 1.32. The molecule has 0 aromatic rings. The van der Waals surface area contributed by atoms with Crippen molar-refractivity contribution in [2.75, 3.05) is 13.1 Å². The van der Waals surface area contributed by atoms with Gasteiger partial charge in [0.2, 0.25) is 0 Å². The van der Waals surface area contributed by atoms with E-state index in [4.69, 9.17) is 5.73 Å². The Labute approximate surface area is 57.8 Å². The van der Waals surface area contributed by atoms with Gasteiger partial charge in [-0.25, -0.2) is 0 Å². The second-order valence-corrected chi connectivity index (χ2v) is 2.36.